The molecule has 0 aliphatic carbocycles. The standard InChI is InChI=1S/C18H24BrNO5/c1-18(2,3)25-17(21)20-8-6-12(7-9-20)24-13-4-5-14-16(15(13)19)23-11-10-22-14/h4-5,12H,6-11H2,1-3H3. The van der Waals surface area contributed by atoms with Gasteiger partial charge in [-0.2, -0.15) is 0 Å². The molecule has 2 aliphatic rings. The van der Waals surface area contributed by atoms with E-state index in [1.807, 2.05) is 32.9 Å². The van der Waals surface area contributed by atoms with Crippen molar-refractivity contribution in [3.63, 3.8) is 0 Å². The monoisotopic (exact) mass is 413 g/mol. The van der Waals surface area contributed by atoms with Gasteiger partial charge in [-0.3, -0.25) is 0 Å². The topological polar surface area (TPSA) is 57.2 Å². The third kappa shape index (κ3) is 4.51. The molecular formula is C18H24BrNO5. The van der Waals surface area contributed by atoms with Gasteiger partial charge in [0.15, 0.2) is 11.5 Å². The Labute approximate surface area is 156 Å². The number of ether oxygens (including phenoxy) is 4. The molecule has 0 atom stereocenters. The number of likely N-dealkylation sites (tertiary alicyclic amines) is 1. The zero-order chi connectivity index (χ0) is 18.0. The lowest BCUT2D eigenvalue weighted by Crippen LogP contribution is -2.44. The van der Waals surface area contributed by atoms with Crippen LogP contribution in [0.25, 0.3) is 0 Å². The van der Waals surface area contributed by atoms with Gasteiger partial charge in [-0.15, -0.1) is 0 Å². The van der Waals surface area contributed by atoms with Gasteiger partial charge in [0.05, 0.1) is 0 Å². The van der Waals surface area contributed by atoms with Crippen molar-refractivity contribution >= 4 is 22.0 Å². The SMILES string of the molecule is CC(C)(C)OC(=O)N1CCC(Oc2ccc3c(c2Br)OCCO3)CC1. The average molecular weight is 414 g/mol. The Kier molecular flexibility index (Phi) is 5.32. The molecule has 0 N–H and O–H groups in total. The number of hydrogen-bond donors (Lipinski definition) is 0. The van der Waals surface area contributed by atoms with Gasteiger partial charge < -0.3 is 23.8 Å². The largest absolute Gasteiger partial charge is 0.489 e. The molecule has 138 valence electrons. The van der Waals surface area contributed by atoms with E-state index in [-0.39, 0.29) is 12.2 Å². The van der Waals surface area contributed by atoms with E-state index in [0.29, 0.717) is 32.1 Å². The second-order valence-corrected chi connectivity index (χ2v) is 7.98. The molecule has 1 amide bonds. The molecule has 1 aromatic carbocycles. The first-order valence-corrected chi connectivity index (χ1v) is 9.35. The number of fused-ring (bicyclic) bond motifs is 1. The van der Waals surface area contributed by atoms with Crippen molar-refractivity contribution in [2.24, 2.45) is 0 Å². The third-order valence-corrected chi connectivity index (χ3v) is 4.75. The van der Waals surface area contributed by atoms with Crippen LogP contribution in [0.15, 0.2) is 16.6 Å². The fraction of sp³-hybridized carbons (Fsp3) is 0.611. The average Bonchev–Trinajstić information content (AvgIpc) is 2.57. The van der Waals surface area contributed by atoms with Gasteiger partial charge in [-0.25, -0.2) is 4.79 Å². The number of piperidine rings is 1. The quantitative estimate of drug-likeness (QED) is 0.733. The van der Waals surface area contributed by atoms with Crippen LogP contribution in [0.4, 0.5) is 4.79 Å². The van der Waals surface area contributed by atoms with Gasteiger partial charge in [0.1, 0.15) is 35.1 Å². The highest BCUT2D eigenvalue weighted by Crippen LogP contribution is 2.43. The highest BCUT2D eigenvalue weighted by Gasteiger charge is 2.28. The Hall–Kier alpha value is -1.63. The first kappa shape index (κ1) is 18.2. The fourth-order valence-corrected chi connectivity index (χ4v) is 3.35. The Morgan fingerprint density at radius 1 is 1.20 bits per heavy atom. The predicted octanol–water partition coefficient (Wildman–Crippen LogP) is 4.00. The van der Waals surface area contributed by atoms with E-state index in [4.69, 9.17) is 18.9 Å². The number of carbonyl (C=O) groups is 1. The molecule has 1 saturated heterocycles. The molecule has 1 fully saturated rings. The molecule has 0 unspecified atom stereocenters. The number of hydrogen-bond acceptors (Lipinski definition) is 5. The van der Waals surface area contributed by atoms with Crippen LogP contribution in [0.1, 0.15) is 33.6 Å². The van der Waals surface area contributed by atoms with E-state index in [1.165, 1.54) is 0 Å². The van der Waals surface area contributed by atoms with E-state index in [9.17, 15) is 4.79 Å². The van der Waals surface area contributed by atoms with Crippen LogP contribution in [0.3, 0.4) is 0 Å². The summed E-state index contributed by atoms with van der Waals surface area (Å²) in [7, 11) is 0. The first-order valence-electron chi connectivity index (χ1n) is 8.56. The molecule has 25 heavy (non-hydrogen) atoms. The normalized spacial score (nSPS) is 18.0. The Bertz CT molecular complexity index is 635. The lowest BCUT2D eigenvalue weighted by molar-refractivity contribution is 0.0125. The van der Waals surface area contributed by atoms with Gasteiger partial charge in [-0.1, -0.05) is 0 Å². The summed E-state index contributed by atoms with van der Waals surface area (Å²) < 4.78 is 23.5. The first-order chi connectivity index (χ1) is 11.8. The minimum absolute atomic E-state index is 0.0533. The lowest BCUT2D eigenvalue weighted by Gasteiger charge is -2.33. The third-order valence-electron chi connectivity index (χ3n) is 4.00. The molecule has 0 aromatic heterocycles. The van der Waals surface area contributed by atoms with Crippen LogP contribution in [0.5, 0.6) is 17.2 Å². The zero-order valence-corrected chi connectivity index (χ0v) is 16.4. The maximum Gasteiger partial charge on any atom is 0.410 e. The maximum absolute atomic E-state index is 12.1. The lowest BCUT2D eigenvalue weighted by atomic mass is 10.1. The van der Waals surface area contributed by atoms with Crippen molar-refractivity contribution < 1.29 is 23.7 Å². The summed E-state index contributed by atoms with van der Waals surface area (Å²) >= 11 is 3.55. The predicted molar refractivity (Wildman–Crippen MR) is 96.6 cm³/mol. The van der Waals surface area contributed by atoms with Gasteiger partial charge in [0, 0.05) is 25.9 Å². The van der Waals surface area contributed by atoms with E-state index in [2.05, 4.69) is 15.9 Å². The molecule has 0 bridgehead atoms. The van der Waals surface area contributed by atoms with Crippen LogP contribution >= 0.6 is 15.9 Å². The Balaban J connectivity index is 1.57. The number of nitrogens with zero attached hydrogens (tertiary/aromatic N) is 1. The second kappa shape index (κ2) is 7.32. The summed E-state index contributed by atoms with van der Waals surface area (Å²) in [5.41, 5.74) is -0.472. The van der Waals surface area contributed by atoms with E-state index in [1.54, 1.807) is 4.90 Å². The number of halogens is 1. The van der Waals surface area contributed by atoms with Crippen molar-refractivity contribution in [1.29, 1.82) is 0 Å². The second-order valence-electron chi connectivity index (χ2n) is 7.19. The number of carbonyl (C=O) groups excluding carboxylic acids is 1. The Morgan fingerprint density at radius 2 is 1.88 bits per heavy atom. The van der Waals surface area contributed by atoms with Gasteiger partial charge in [-0.05, 0) is 48.8 Å². The van der Waals surface area contributed by atoms with Crippen molar-refractivity contribution in [1.82, 2.24) is 4.90 Å². The fourth-order valence-electron chi connectivity index (χ4n) is 2.82. The highest BCUT2D eigenvalue weighted by molar-refractivity contribution is 9.10. The molecular weight excluding hydrogens is 390 g/mol. The number of rotatable bonds is 2. The van der Waals surface area contributed by atoms with Gasteiger partial charge >= 0.3 is 6.09 Å². The van der Waals surface area contributed by atoms with E-state index >= 15 is 0 Å². The van der Waals surface area contributed by atoms with E-state index < -0.39 is 5.60 Å². The van der Waals surface area contributed by atoms with Crippen LogP contribution in [0.2, 0.25) is 0 Å². The van der Waals surface area contributed by atoms with Crippen molar-refractivity contribution in [3.05, 3.63) is 16.6 Å². The Morgan fingerprint density at radius 3 is 2.56 bits per heavy atom. The molecule has 1 aromatic rings. The summed E-state index contributed by atoms with van der Waals surface area (Å²) in [5.74, 6) is 2.15. The van der Waals surface area contributed by atoms with Crippen LogP contribution in [0, 0.1) is 0 Å². The summed E-state index contributed by atoms with van der Waals surface area (Å²) in [6.07, 6.45) is 1.32. The smallest absolute Gasteiger partial charge is 0.410 e. The summed E-state index contributed by atoms with van der Waals surface area (Å²) in [6.45, 7) is 7.97. The van der Waals surface area contributed by atoms with Crippen molar-refractivity contribution in [3.8, 4) is 17.2 Å². The summed E-state index contributed by atoms with van der Waals surface area (Å²) in [4.78, 5) is 13.9. The molecule has 2 aliphatic heterocycles. The molecule has 6 nitrogen and oxygen atoms in total. The molecule has 3 rings (SSSR count). The van der Waals surface area contributed by atoms with Gasteiger partial charge in [0.2, 0.25) is 0 Å². The van der Waals surface area contributed by atoms with Crippen LogP contribution in [-0.4, -0.2) is 49.0 Å². The van der Waals surface area contributed by atoms with Crippen LogP contribution in [-0.2, 0) is 4.74 Å². The molecule has 7 heteroatoms. The van der Waals surface area contributed by atoms with Crippen LogP contribution < -0.4 is 14.2 Å². The molecule has 0 spiro atoms. The summed E-state index contributed by atoms with van der Waals surface area (Å²) in [6, 6.07) is 3.75. The molecule has 2 heterocycles. The maximum atomic E-state index is 12.1. The van der Waals surface area contributed by atoms with E-state index in [0.717, 1.165) is 28.8 Å². The molecule has 0 saturated carbocycles. The number of amides is 1. The highest BCUT2D eigenvalue weighted by atomic mass is 79.9. The minimum Gasteiger partial charge on any atom is -0.489 e. The van der Waals surface area contributed by atoms with Crippen molar-refractivity contribution in [2.45, 2.75) is 45.3 Å². The van der Waals surface area contributed by atoms with Crippen molar-refractivity contribution in [2.75, 3.05) is 26.3 Å². The summed E-state index contributed by atoms with van der Waals surface area (Å²) in [5, 5.41) is 0. The minimum atomic E-state index is -0.472. The zero-order valence-electron chi connectivity index (χ0n) is 14.8. The molecule has 0 radical (unpaired) electrons. The van der Waals surface area contributed by atoms with Gasteiger partial charge in [0.25, 0.3) is 0 Å². The number of benzene rings is 1.